The fourth-order valence-corrected chi connectivity index (χ4v) is 1.65. The van der Waals surface area contributed by atoms with Gasteiger partial charge in [0.05, 0.1) is 0 Å². The molecule has 86 valence electrons. The van der Waals surface area contributed by atoms with Gasteiger partial charge in [-0.25, -0.2) is 4.79 Å². The van der Waals surface area contributed by atoms with Crippen LogP contribution in [0.5, 0.6) is 0 Å². The van der Waals surface area contributed by atoms with E-state index in [0.29, 0.717) is 6.42 Å². The summed E-state index contributed by atoms with van der Waals surface area (Å²) in [6, 6.07) is -0.724. The summed E-state index contributed by atoms with van der Waals surface area (Å²) in [6.45, 7) is 3.90. The maximum Gasteiger partial charge on any atom is 0.326 e. The second kappa shape index (κ2) is 5.14. The van der Waals surface area contributed by atoms with E-state index in [1.54, 1.807) is 0 Å². The van der Waals surface area contributed by atoms with Crippen LogP contribution in [0.2, 0.25) is 0 Å². The third-order valence-electron chi connectivity index (χ3n) is 2.80. The molecule has 0 aromatic heterocycles. The Morgan fingerprint density at radius 3 is 2.33 bits per heavy atom. The standard InChI is InChI=1S/C11H19NO3/c1-7(2)6-9(11(14)15)12-10(13)8-4-3-5-8/h7-9H,3-6H2,1-2H3,(H,12,13)(H,14,15). The van der Waals surface area contributed by atoms with Crippen LogP contribution in [0.1, 0.15) is 39.5 Å². The van der Waals surface area contributed by atoms with Gasteiger partial charge < -0.3 is 10.4 Å². The first-order chi connectivity index (χ1) is 7.00. The van der Waals surface area contributed by atoms with E-state index in [0.717, 1.165) is 19.3 Å². The minimum atomic E-state index is -0.934. The topological polar surface area (TPSA) is 66.4 Å². The average molecular weight is 213 g/mol. The van der Waals surface area contributed by atoms with Crippen LogP contribution in [0.3, 0.4) is 0 Å². The van der Waals surface area contributed by atoms with Gasteiger partial charge in [0.2, 0.25) is 5.91 Å². The molecule has 1 unspecified atom stereocenters. The smallest absolute Gasteiger partial charge is 0.326 e. The Morgan fingerprint density at radius 2 is 2.00 bits per heavy atom. The van der Waals surface area contributed by atoms with Crippen LogP contribution in [0, 0.1) is 11.8 Å². The van der Waals surface area contributed by atoms with Crippen molar-refractivity contribution in [3.63, 3.8) is 0 Å². The largest absolute Gasteiger partial charge is 0.480 e. The molecular weight excluding hydrogens is 194 g/mol. The van der Waals surface area contributed by atoms with Gasteiger partial charge in [0, 0.05) is 5.92 Å². The predicted octanol–water partition coefficient (Wildman–Crippen LogP) is 1.40. The molecule has 1 atom stereocenters. The molecule has 0 aliphatic heterocycles. The van der Waals surface area contributed by atoms with E-state index in [9.17, 15) is 9.59 Å². The number of nitrogens with one attached hydrogen (secondary N) is 1. The number of carboxylic acids is 1. The Morgan fingerprint density at radius 1 is 1.40 bits per heavy atom. The monoisotopic (exact) mass is 213 g/mol. The minimum absolute atomic E-state index is 0.0546. The predicted molar refractivity (Wildman–Crippen MR) is 56.4 cm³/mol. The summed E-state index contributed by atoms with van der Waals surface area (Å²) in [5, 5.41) is 11.5. The first-order valence-corrected chi connectivity index (χ1v) is 5.54. The Balaban J connectivity index is 2.42. The number of hydrogen-bond donors (Lipinski definition) is 2. The summed E-state index contributed by atoms with van der Waals surface area (Å²) in [5.41, 5.74) is 0. The molecule has 1 fully saturated rings. The zero-order chi connectivity index (χ0) is 11.4. The summed E-state index contributed by atoms with van der Waals surface area (Å²) >= 11 is 0. The van der Waals surface area contributed by atoms with Crippen LogP contribution < -0.4 is 5.32 Å². The maximum atomic E-state index is 11.5. The molecule has 0 heterocycles. The lowest BCUT2D eigenvalue weighted by molar-refractivity contribution is -0.143. The van der Waals surface area contributed by atoms with Crippen LogP contribution in [0.15, 0.2) is 0 Å². The Labute approximate surface area is 90.0 Å². The summed E-state index contributed by atoms with van der Waals surface area (Å²) in [7, 11) is 0. The number of carbonyl (C=O) groups excluding carboxylic acids is 1. The van der Waals surface area contributed by atoms with Gasteiger partial charge in [-0.3, -0.25) is 4.79 Å². The van der Waals surface area contributed by atoms with Gasteiger partial charge in [-0.2, -0.15) is 0 Å². The molecule has 15 heavy (non-hydrogen) atoms. The van der Waals surface area contributed by atoms with E-state index >= 15 is 0 Å². The Bertz CT molecular complexity index is 246. The van der Waals surface area contributed by atoms with Crippen molar-refractivity contribution in [3.05, 3.63) is 0 Å². The second-order valence-corrected chi connectivity index (χ2v) is 4.66. The quantitative estimate of drug-likeness (QED) is 0.725. The molecule has 2 N–H and O–H groups in total. The highest BCUT2D eigenvalue weighted by atomic mass is 16.4. The van der Waals surface area contributed by atoms with Crippen molar-refractivity contribution in [1.29, 1.82) is 0 Å². The number of carboxylic acid groups (broad SMARTS) is 1. The zero-order valence-electron chi connectivity index (χ0n) is 9.32. The van der Waals surface area contributed by atoms with Crippen LogP contribution in [-0.2, 0) is 9.59 Å². The molecule has 0 bridgehead atoms. The minimum Gasteiger partial charge on any atom is -0.480 e. The van der Waals surface area contributed by atoms with Crippen molar-refractivity contribution in [2.75, 3.05) is 0 Å². The van der Waals surface area contributed by atoms with Crippen molar-refractivity contribution < 1.29 is 14.7 Å². The van der Waals surface area contributed by atoms with Gasteiger partial charge in [-0.15, -0.1) is 0 Å². The molecule has 0 aromatic rings. The van der Waals surface area contributed by atoms with Crippen molar-refractivity contribution in [2.45, 2.75) is 45.6 Å². The van der Waals surface area contributed by atoms with E-state index < -0.39 is 12.0 Å². The normalized spacial score (nSPS) is 18.3. The lowest BCUT2D eigenvalue weighted by atomic mass is 9.84. The lowest BCUT2D eigenvalue weighted by Crippen LogP contribution is -2.45. The fraction of sp³-hybridized carbons (Fsp3) is 0.818. The van der Waals surface area contributed by atoms with Crippen molar-refractivity contribution in [1.82, 2.24) is 5.32 Å². The molecule has 1 aliphatic rings. The number of rotatable bonds is 5. The number of carbonyl (C=O) groups is 2. The van der Waals surface area contributed by atoms with Crippen LogP contribution in [0.4, 0.5) is 0 Å². The van der Waals surface area contributed by atoms with E-state index in [1.807, 2.05) is 13.8 Å². The average Bonchev–Trinajstić information content (AvgIpc) is 1.98. The van der Waals surface area contributed by atoms with Gasteiger partial charge in [-0.1, -0.05) is 20.3 Å². The lowest BCUT2D eigenvalue weighted by Gasteiger charge is -2.26. The Kier molecular flexibility index (Phi) is 4.12. The highest BCUT2D eigenvalue weighted by Gasteiger charge is 2.29. The van der Waals surface area contributed by atoms with Crippen molar-refractivity contribution >= 4 is 11.9 Å². The third-order valence-corrected chi connectivity index (χ3v) is 2.80. The van der Waals surface area contributed by atoms with Crippen molar-refractivity contribution in [2.24, 2.45) is 11.8 Å². The first-order valence-electron chi connectivity index (χ1n) is 5.54. The highest BCUT2D eigenvalue weighted by molar-refractivity contribution is 5.85. The summed E-state index contributed by atoms with van der Waals surface area (Å²) in [4.78, 5) is 22.4. The number of aliphatic carboxylic acids is 1. The van der Waals surface area contributed by atoms with Gasteiger partial charge in [-0.05, 0) is 25.2 Å². The second-order valence-electron chi connectivity index (χ2n) is 4.66. The van der Waals surface area contributed by atoms with Crippen LogP contribution in [0.25, 0.3) is 0 Å². The summed E-state index contributed by atoms with van der Waals surface area (Å²) in [6.07, 6.45) is 3.38. The molecule has 1 aliphatic carbocycles. The molecular formula is C11H19NO3. The van der Waals surface area contributed by atoms with Gasteiger partial charge >= 0.3 is 5.97 Å². The Hall–Kier alpha value is -1.06. The number of hydrogen-bond acceptors (Lipinski definition) is 2. The molecule has 1 amide bonds. The molecule has 0 radical (unpaired) electrons. The molecule has 4 nitrogen and oxygen atoms in total. The zero-order valence-corrected chi connectivity index (χ0v) is 9.32. The van der Waals surface area contributed by atoms with E-state index in [-0.39, 0.29) is 17.7 Å². The maximum absolute atomic E-state index is 11.5. The summed E-state index contributed by atoms with van der Waals surface area (Å²) < 4.78 is 0. The highest BCUT2D eigenvalue weighted by Crippen LogP contribution is 2.26. The van der Waals surface area contributed by atoms with E-state index in [2.05, 4.69) is 5.32 Å². The molecule has 0 saturated heterocycles. The molecule has 4 heteroatoms. The van der Waals surface area contributed by atoms with E-state index in [4.69, 9.17) is 5.11 Å². The van der Waals surface area contributed by atoms with Crippen molar-refractivity contribution in [3.8, 4) is 0 Å². The third kappa shape index (κ3) is 3.53. The van der Waals surface area contributed by atoms with Gasteiger partial charge in [0.1, 0.15) is 6.04 Å². The van der Waals surface area contributed by atoms with Gasteiger partial charge in [0.15, 0.2) is 0 Å². The fourth-order valence-electron chi connectivity index (χ4n) is 1.65. The first kappa shape index (κ1) is 12.0. The molecule has 1 rings (SSSR count). The molecule has 1 saturated carbocycles. The molecule has 0 aromatic carbocycles. The van der Waals surface area contributed by atoms with E-state index in [1.165, 1.54) is 0 Å². The summed E-state index contributed by atoms with van der Waals surface area (Å²) in [5.74, 6) is -0.697. The molecule has 0 spiro atoms. The van der Waals surface area contributed by atoms with Gasteiger partial charge in [0.25, 0.3) is 0 Å². The SMILES string of the molecule is CC(C)CC(NC(=O)C1CCC1)C(=O)O. The van der Waals surface area contributed by atoms with Crippen LogP contribution >= 0.6 is 0 Å². The number of amides is 1. The van der Waals surface area contributed by atoms with Crippen LogP contribution in [-0.4, -0.2) is 23.0 Å².